The Hall–Kier alpha value is -1.73. The second-order valence-electron chi connectivity index (χ2n) is 5.48. The quantitative estimate of drug-likeness (QED) is 0.682. The average molecular weight is 283 g/mol. The van der Waals surface area contributed by atoms with Crippen LogP contribution in [-0.2, 0) is 0 Å². The van der Waals surface area contributed by atoms with Gasteiger partial charge in [0.05, 0.1) is 0 Å². The molecule has 2 aliphatic rings. The lowest BCUT2D eigenvalue weighted by Crippen LogP contribution is -2.32. The summed E-state index contributed by atoms with van der Waals surface area (Å²) in [6, 6.07) is 16.6. The zero-order valence-corrected chi connectivity index (χ0v) is 11.8. The Balaban J connectivity index is 1.88. The van der Waals surface area contributed by atoms with Crippen LogP contribution in [0.25, 0.3) is 0 Å². The minimum Gasteiger partial charge on any atom is -0.486 e. The molecule has 1 aliphatic carbocycles. The maximum absolute atomic E-state index is 6.20. The summed E-state index contributed by atoms with van der Waals surface area (Å²) >= 11 is 6.20. The first-order chi connectivity index (χ1) is 9.83. The van der Waals surface area contributed by atoms with Crippen molar-refractivity contribution in [1.29, 1.82) is 0 Å². The third-order valence-electron chi connectivity index (χ3n) is 4.31. The highest BCUT2D eigenvalue weighted by molar-refractivity contribution is 6.30. The molecule has 0 unspecified atom stereocenters. The van der Waals surface area contributed by atoms with Crippen LogP contribution in [0.5, 0.6) is 5.75 Å². The highest BCUT2D eigenvalue weighted by Gasteiger charge is 2.39. The van der Waals surface area contributed by atoms with Crippen LogP contribution in [0, 0.1) is 5.92 Å². The molecule has 2 aromatic carbocycles. The van der Waals surface area contributed by atoms with Gasteiger partial charge in [-0.3, -0.25) is 0 Å². The van der Waals surface area contributed by atoms with Gasteiger partial charge >= 0.3 is 0 Å². The van der Waals surface area contributed by atoms with Gasteiger partial charge in [-0.15, -0.1) is 0 Å². The maximum atomic E-state index is 6.20. The van der Waals surface area contributed by atoms with E-state index in [1.165, 1.54) is 11.1 Å². The lowest BCUT2D eigenvalue weighted by molar-refractivity contribution is 0.153. The highest BCUT2D eigenvalue weighted by Crippen LogP contribution is 2.48. The number of halogens is 1. The summed E-state index contributed by atoms with van der Waals surface area (Å²) in [6.45, 7) is 0. The molecule has 0 amide bonds. The van der Waals surface area contributed by atoms with Crippen LogP contribution in [0.2, 0.25) is 5.02 Å². The van der Waals surface area contributed by atoms with Crippen LogP contribution in [0.3, 0.4) is 0 Å². The number of allylic oxidation sites excluding steroid dienone is 1. The normalized spacial score (nSPS) is 26.8. The van der Waals surface area contributed by atoms with Crippen molar-refractivity contribution < 1.29 is 4.74 Å². The fourth-order valence-electron chi connectivity index (χ4n) is 3.43. The number of rotatable bonds is 1. The largest absolute Gasteiger partial charge is 0.486 e. The van der Waals surface area contributed by atoms with Crippen LogP contribution >= 0.6 is 11.6 Å². The van der Waals surface area contributed by atoms with Gasteiger partial charge in [-0.2, -0.15) is 0 Å². The number of benzene rings is 2. The molecule has 0 fully saturated rings. The number of hydrogen-bond donors (Lipinski definition) is 0. The monoisotopic (exact) mass is 282 g/mol. The van der Waals surface area contributed by atoms with E-state index in [-0.39, 0.29) is 6.10 Å². The van der Waals surface area contributed by atoms with Gasteiger partial charge in [0.25, 0.3) is 0 Å². The molecular formula is C18H15ClO. The summed E-state index contributed by atoms with van der Waals surface area (Å²) in [5.74, 6) is 1.80. The van der Waals surface area contributed by atoms with Crippen molar-refractivity contribution in [2.75, 3.05) is 0 Å². The van der Waals surface area contributed by atoms with Gasteiger partial charge < -0.3 is 4.74 Å². The van der Waals surface area contributed by atoms with Crippen LogP contribution in [-0.4, -0.2) is 6.10 Å². The van der Waals surface area contributed by atoms with Crippen LogP contribution in [0.4, 0.5) is 0 Å². The standard InChI is InChI=1S/C18H15ClO/c19-13-9-10-17-15(11-13)18(12-5-2-1-3-6-12)14-7-4-8-16(14)20-17/h1-6,8-11,14,16,18H,7H2/t14-,16+,18-/m0/s1. The van der Waals surface area contributed by atoms with Crippen molar-refractivity contribution in [3.63, 3.8) is 0 Å². The maximum Gasteiger partial charge on any atom is 0.124 e. The molecule has 0 saturated carbocycles. The molecule has 0 saturated heterocycles. The fraction of sp³-hybridized carbons (Fsp3) is 0.222. The predicted molar refractivity (Wildman–Crippen MR) is 81.4 cm³/mol. The summed E-state index contributed by atoms with van der Waals surface area (Å²) in [5, 5.41) is 0.776. The number of fused-ring (bicyclic) bond motifs is 2. The molecule has 3 atom stereocenters. The molecule has 1 aliphatic heterocycles. The average Bonchev–Trinajstić information content (AvgIpc) is 2.93. The van der Waals surface area contributed by atoms with E-state index in [0.29, 0.717) is 11.8 Å². The minimum absolute atomic E-state index is 0.189. The molecule has 0 aromatic heterocycles. The first kappa shape index (κ1) is 12.0. The van der Waals surface area contributed by atoms with Gasteiger partial charge in [0.2, 0.25) is 0 Å². The summed E-state index contributed by atoms with van der Waals surface area (Å²) in [4.78, 5) is 0. The lowest BCUT2D eigenvalue weighted by Gasteiger charge is -2.36. The smallest absolute Gasteiger partial charge is 0.124 e. The molecule has 20 heavy (non-hydrogen) atoms. The van der Waals surface area contributed by atoms with Gasteiger partial charge in [-0.05, 0) is 36.3 Å². The molecule has 0 N–H and O–H groups in total. The van der Waals surface area contributed by atoms with Crippen molar-refractivity contribution in [2.45, 2.75) is 18.4 Å². The Labute approximate surface area is 123 Å². The van der Waals surface area contributed by atoms with Gasteiger partial charge in [0.1, 0.15) is 11.9 Å². The highest BCUT2D eigenvalue weighted by atomic mass is 35.5. The molecule has 2 aromatic rings. The van der Waals surface area contributed by atoms with E-state index in [0.717, 1.165) is 17.2 Å². The van der Waals surface area contributed by atoms with Gasteiger partial charge in [0.15, 0.2) is 0 Å². The van der Waals surface area contributed by atoms with E-state index in [2.05, 4.69) is 48.6 Å². The molecule has 0 radical (unpaired) electrons. The molecule has 0 bridgehead atoms. The Morgan fingerprint density at radius 1 is 1.05 bits per heavy atom. The minimum atomic E-state index is 0.189. The summed E-state index contributed by atoms with van der Waals surface area (Å²) < 4.78 is 6.12. The predicted octanol–water partition coefficient (Wildman–Crippen LogP) is 4.81. The second-order valence-corrected chi connectivity index (χ2v) is 5.92. The lowest BCUT2D eigenvalue weighted by atomic mass is 9.76. The summed E-state index contributed by atoms with van der Waals surface area (Å²) in [5.41, 5.74) is 2.56. The molecule has 0 spiro atoms. The van der Waals surface area contributed by atoms with E-state index in [4.69, 9.17) is 16.3 Å². The summed E-state index contributed by atoms with van der Waals surface area (Å²) in [6.07, 6.45) is 5.68. The van der Waals surface area contributed by atoms with E-state index in [9.17, 15) is 0 Å². The molecule has 1 nitrogen and oxygen atoms in total. The second kappa shape index (κ2) is 4.68. The van der Waals surface area contributed by atoms with Crippen molar-refractivity contribution in [3.05, 3.63) is 76.8 Å². The van der Waals surface area contributed by atoms with Crippen molar-refractivity contribution in [2.24, 2.45) is 5.92 Å². The van der Waals surface area contributed by atoms with Crippen molar-refractivity contribution in [1.82, 2.24) is 0 Å². The van der Waals surface area contributed by atoms with Crippen LogP contribution in [0.1, 0.15) is 23.5 Å². The van der Waals surface area contributed by atoms with Crippen LogP contribution < -0.4 is 4.74 Å². The zero-order chi connectivity index (χ0) is 13.5. The van der Waals surface area contributed by atoms with E-state index in [1.807, 2.05) is 12.1 Å². The molecular weight excluding hydrogens is 268 g/mol. The van der Waals surface area contributed by atoms with Gasteiger partial charge in [-0.1, -0.05) is 48.0 Å². The topological polar surface area (TPSA) is 9.23 Å². The third-order valence-corrected chi connectivity index (χ3v) is 4.55. The van der Waals surface area contributed by atoms with E-state index < -0.39 is 0 Å². The van der Waals surface area contributed by atoms with E-state index in [1.54, 1.807) is 0 Å². The Morgan fingerprint density at radius 2 is 1.90 bits per heavy atom. The van der Waals surface area contributed by atoms with Crippen molar-refractivity contribution in [3.8, 4) is 5.75 Å². The molecule has 2 heteroatoms. The summed E-state index contributed by atoms with van der Waals surface area (Å²) in [7, 11) is 0. The van der Waals surface area contributed by atoms with Gasteiger partial charge in [0, 0.05) is 22.4 Å². The number of ether oxygens (including phenoxy) is 1. The Bertz CT molecular complexity index is 662. The molecule has 4 rings (SSSR count). The first-order valence-corrected chi connectivity index (χ1v) is 7.38. The van der Waals surface area contributed by atoms with Crippen LogP contribution in [0.15, 0.2) is 60.7 Å². The zero-order valence-electron chi connectivity index (χ0n) is 11.0. The SMILES string of the molecule is Clc1ccc2c(c1)[C@@H](c1ccccc1)[C@H]1CC=C[C@H]1O2. The van der Waals surface area contributed by atoms with E-state index >= 15 is 0 Å². The number of hydrogen-bond acceptors (Lipinski definition) is 1. The Kier molecular flexibility index (Phi) is 2.82. The molecule has 100 valence electrons. The fourth-order valence-corrected chi connectivity index (χ4v) is 3.61. The van der Waals surface area contributed by atoms with Crippen molar-refractivity contribution >= 4 is 11.6 Å². The van der Waals surface area contributed by atoms with Gasteiger partial charge in [-0.25, -0.2) is 0 Å². The Morgan fingerprint density at radius 3 is 2.75 bits per heavy atom. The third kappa shape index (κ3) is 1.85. The molecule has 1 heterocycles. The first-order valence-electron chi connectivity index (χ1n) is 7.00.